The zero-order chi connectivity index (χ0) is 13.4. The lowest BCUT2D eigenvalue weighted by molar-refractivity contribution is 0.234. The van der Waals surface area contributed by atoms with Crippen LogP contribution >= 0.6 is 35.4 Å². The summed E-state index contributed by atoms with van der Waals surface area (Å²) in [6.45, 7) is 0. The van der Waals surface area contributed by atoms with E-state index in [1.807, 2.05) is 42.5 Å². The van der Waals surface area contributed by atoms with E-state index in [0.29, 0.717) is 15.2 Å². The summed E-state index contributed by atoms with van der Waals surface area (Å²) in [6.07, 6.45) is -0.264. The molecule has 1 unspecified atom stereocenters. The van der Waals surface area contributed by atoms with Crippen LogP contribution in [0.25, 0.3) is 0 Å². The molecule has 5 heteroatoms. The van der Waals surface area contributed by atoms with Gasteiger partial charge in [-0.2, -0.15) is 0 Å². The highest BCUT2D eigenvalue weighted by Gasteiger charge is 2.25. The van der Waals surface area contributed by atoms with Crippen molar-refractivity contribution in [1.82, 2.24) is 0 Å². The fourth-order valence-electron chi connectivity index (χ4n) is 2.06. The lowest BCUT2D eigenvalue weighted by Crippen LogP contribution is -2.24. The molecular weight excluding hydrogens is 301 g/mol. The van der Waals surface area contributed by atoms with Gasteiger partial charge in [0.1, 0.15) is 0 Å². The molecule has 0 aromatic heterocycles. The second-order valence-corrected chi connectivity index (χ2v) is 5.44. The smallest absolute Gasteiger partial charge is 0.262 e. The maximum Gasteiger partial charge on any atom is 0.262 e. The van der Waals surface area contributed by atoms with Gasteiger partial charge in [-0.15, -0.1) is 0 Å². The van der Waals surface area contributed by atoms with Crippen molar-refractivity contribution >= 4 is 46.3 Å². The third kappa shape index (κ3) is 2.54. The average molecular weight is 310 g/mol. The van der Waals surface area contributed by atoms with E-state index in [1.165, 1.54) is 0 Å². The van der Waals surface area contributed by atoms with Gasteiger partial charge in [-0.05, 0) is 48.1 Å². The van der Waals surface area contributed by atoms with Crippen molar-refractivity contribution in [2.24, 2.45) is 0 Å². The van der Waals surface area contributed by atoms with Crippen molar-refractivity contribution in [3.63, 3.8) is 0 Å². The second-order valence-electron chi connectivity index (χ2n) is 4.19. The molecule has 1 heterocycles. The maximum atomic E-state index is 6.05. The molecule has 0 amide bonds. The highest BCUT2D eigenvalue weighted by molar-refractivity contribution is 7.80. The Morgan fingerprint density at radius 2 is 1.68 bits per heavy atom. The molecule has 3 rings (SSSR count). The van der Waals surface area contributed by atoms with Gasteiger partial charge in [0.25, 0.3) is 5.17 Å². The van der Waals surface area contributed by atoms with E-state index >= 15 is 0 Å². The van der Waals surface area contributed by atoms with Crippen LogP contribution in [0.4, 0.5) is 5.69 Å². The molecule has 1 aliphatic rings. The summed E-state index contributed by atoms with van der Waals surface area (Å²) in [7, 11) is 0. The van der Waals surface area contributed by atoms with Crippen LogP contribution < -0.4 is 5.32 Å². The van der Waals surface area contributed by atoms with Crippen LogP contribution in [0.1, 0.15) is 17.2 Å². The summed E-state index contributed by atoms with van der Waals surface area (Å²) in [4.78, 5) is 0. The van der Waals surface area contributed by atoms with Crippen molar-refractivity contribution in [2.75, 3.05) is 5.32 Å². The Kier molecular flexibility index (Phi) is 3.35. The van der Waals surface area contributed by atoms with Crippen molar-refractivity contribution in [3.8, 4) is 0 Å². The third-order valence-corrected chi connectivity index (χ3v) is 3.62. The van der Waals surface area contributed by atoms with E-state index in [9.17, 15) is 0 Å². The number of anilines is 1. The van der Waals surface area contributed by atoms with Gasteiger partial charge in [0, 0.05) is 21.3 Å². The molecule has 0 bridgehead atoms. The zero-order valence-electron chi connectivity index (χ0n) is 9.69. The number of fused-ring (bicyclic) bond motifs is 1. The molecule has 96 valence electrons. The molecule has 1 N–H and O–H groups in total. The normalized spacial score (nSPS) is 17.4. The highest BCUT2D eigenvalue weighted by Crippen LogP contribution is 2.37. The highest BCUT2D eigenvalue weighted by atomic mass is 35.5. The van der Waals surface area contributed by atoms with E-state index in [1.54, 1.807) is 0 Å². The molecule has 2 nitrogen and oxygen atoms in total. The summed E-state index contributed by atoms with van der Waals surface area (Å²) in [5.74, 6) is 0. The first-order valence-electron chi connectivity index (χ1n) is 5.66. The van der Waals surface area contributed by atoms with Crippen molar-refractivity contribution < 1.29 is 4.74 Å². The first-order chi connectivity index (χ1) is 9.13. The number of thiocarbonyl (C=S) groups is 1. The number of rotatable bonds is 1. The quantitative estimate of drug-likeness (QED) is 0.764. The van der Waals surface area contributed by atoms with Gasteiger partial charge in [-0.25, -0.2) is 0 Å². The van der Waals surface area contributed by atoms with E-state index in [0.717, 1.165) is 16.8 Å². The summed E-state index contributed by atoms with van der Waals surface area (Å²) >= 11 is 17.1. The average Bonchev–Trinajstić information content (AvgIpc) is 2.39. The van der Waals surface area contributed by atoms with Crippen LogP contribution in [0.15, 0.2) is 42.5 Å². The lowest BCUT2D eigenvalue weighted by Gasteiger charge is -2.28. The first kappa shape index (κ1) is 12.7. The van der Waals surface area contributed by atoms with Crippen LogP contribution in [-0.4, -0.2) is 5.17 Å². The molecule has 0 aliphatic carbocycles. The van der Waals surface area contributed by atoms with Gasteiger partial charge in [-0.1, -0.05) is 35.3 Å². The monoisotopic (exact) mass is 309 g/mol. The standard InChI is InChI=1S/C14H9Cl2NOS/c15-9-3-1-8(2-4-9)13-11-7-10(16)5-6-12(11)17-14(19)18-13/h1-7,13H,(H,17,19). The Morgan fingerprint density at radius 3 is 2.42 bits per heavy atom. The van der Waals surface area contributed by atoms with Crippen LogP contribution in [0.2, 0.25) is 10.0 Å². The fourth-order valence-corrected chi connectivity index (χ4v) is 2.57. The maximum absolute atomic E-state index is 6.05. The third-order valence-electron chi connectivity index (χ3n) is 2.93. The number of hydrogen-bond donors (Lipinski definition) is 1. The zero-order valence-corrected chi connectivity index (χ0v) is 12.0. The Labute approximate surface area is 126 Å². The number of benzene rings is 2. The summed E-state index contributed by atoms with van der Waals surface area (Å²) in [5.41, 5.74) is 2.86. The summed E-state index contributed by atoms with van der Waals surface area (Å²) < 4.78 is 5.71. The van der Waals surface area contributed by atoms with E-state index < -0.39 is 0 Å². The van der Waals surface area contributed by atoms with Crippen LogP contribution in [0.3, 0.4) is 0 Å². The Balaban J connectivity index is 2.09. The van der Waals surface area contributed by atoms with Gasteiger partial charge in [-0.3, -0.25) is 0 Å². The van der Waals surface area contributed by atoms with E-state index in [2.05, 4.69) is 5.32 Å². The Hall–Kier alpha value is -1.29. The van der Waals surface area contributed by atoms with Crippen LogP contribution in [0.5, 0.6) is 0 Å². The molecule has 2 aromatic carbocycles. The van der Waals surface area contributed by atoms with Gasteiger partial charge in [0.05, 0.1) is 0 Å². The molecule has 19 heavy (non-hydrogen) atoms. The molecule has 0 spiro atoms. The number of nitrogens with one attached hydrogen (secondary N) is 1. The largest absolute Gasteiger partial charge is 0.458 e. The fraction of sp³-hybridized carbons (Fsp3) is 0.0714. The van der Waals surface area contributed by atoms with Crippen LogP contribution in [-0.2, 0) is 4.74 Å². The minimum Gasteiger partial charge on any atom is -0.458 e. The molecule has 0 fully saturated rings. The van der Waals surface area contributed by atoms with Gasteiger partial charge < -0.3 is 10.1 Å². The minimum atomic E-state index is -0.264. The SMILES string of the molecule is S=C1Nc2ccc(Cl)cc2C(c2ccc(Cl)cc2)O1. The molecule has 2 aromatic rings. The summed E-state index contributed by atoms with van der Waals surface area (Å²) in [5, 5.41) is 4.73. The van der Waals surface area contributed by atoms with Crippen molar-refractivity contribution in [2.45, 2.75) is 6.10 Å². The summed E-state index contributed by atoms with van der Waals surface area (Å²) in [6, 6.07) is 13.1. The topological polar surface area (TPSA) is 21.3 Å². The van der Waals surface area contributed by atoms with Crippen LogP contribution in [0, 0.1) is 0 Å². The molecular formula is C14H9Cl2NOS. The predicted octanol–water partition coefficient (Wildman–Crippen LogP) is 4.81. The number of hydrogen-bond acceptors (Lipinski definition) is 2. The molecule has 1 aliphatic heterocycles. The predicted molar refractivity (Wildman–Crippen MR) is 82.1 cm³/mol. The molecule has 1 atom stereocenters. The molecule has 0 radical (unpaired) electrons. The van der Waals surface area contributed by atoms with Gasteiger partial charge in [0.2, 0.25) is 0 Å². The van der Waals surface area contributed by atoms with Gasteiger partial charge >= 0.3 is 0 Å². The minimum absolute atomic E-state index is 0.264. The van der Waals surface area contributed by atoms with E-state index in [-0.39, 0.29) is 6.10 Å². The van der Waals surface area contributed by atoms with Crippen molar-refractivity contribution in [3.05, 3.63) is 63.6 Å². The number of ether oxygens (including phenoxy) is 1. The Bertz CT molecular complexity index is 642. The molecule has 0 saturated heterocycles. The number of halogens is 2. The second kappa shape index (κ2) is 5.00. The Morgan fingerprint density at radius 1 is 1.00 bits per heavy atom. The van der Waals surface area contributed by atoms with E-state index in [4.69, 9.17) is 40.2 Å². The van der Waals surface area contributed by atoms with Gasteiger partial charge in [0.15, 0.2) is 6.10 Å². The molecule has 0 saturated carbocycles. The first-order valence-corrected chi connectivity index (χ1v) is 6.82. The van der Waals surface area contributed by atoms with Crippen molar-refractivity contribution in [1.29, 1.82) is 0 Å². The lowest BCUT2D eigenvalue weighted by atomic mass is 9.99.